The second kappa shape index (κ2) is 8.81. The van der Waals surface area contributed by atoms with E-state index in [1.807, 2.05) is 25.1 Å². The number of carbonyl (C=O) groups excluding carboxylic acids is 1. The third kappa shape index (κ3) is 4.87. The van der Waals surface area contributed by atoms with Gasteiger partial charge in [0.25, 0.3) is 5.91 Å². The van der Waals surface area contributed by atoms with E-state index in [9.17, 15) is 4.79 Å². The largest absolute Gasteiger partial charge is 0.351 e. The van der Waals surface area contributed by atoms with Crippen molar-refractivity contribution in [2.24, 2.45) is 0 Å². The van der Waals surface area contributed by atoms with Crippen molar-refractivity contribution in [3.05, 3.63) is 32.9 Å². The highest BCUT2D eigenvalue weighted by Crippen LogP contribution is 2.16. The fourth-order valence-corrected chi connectivity index (χ4v) is 2.78. The Labute approximate surface area is 140 Å². The van der Waals surface area contributed by atoms with Gasteiger partial charge in [-0.25, -0.2) is 0 Å². The van der Waals surface area contributed by atoms with Gasteiger partial charge in [-0.15, -0.1) is 12.4 Å². The van der Waals surface area contributed by atoms with Gasteiger partial charge < -0.3 is 10.6 Å². The summed E-state index contributed by atoms with van der Waals surface area (Å²) in [5.41, 5.74) is 1.93. The van der Waals surface area contributed by atoms with Crippen LogP contribution in [0.2, 0.25) is 0 Å². The number of carbonyl (C=O) groups is 1. The van der Waals surface area contributed by atoms with Crippen molar-refractivity contribution in [2.75, 3.05) is 39.3 Å². The fraction of sp³-hybridized carbons (Fsp3) is 0.500. The summed E-state index contributed by atoms with van der Waals surface area (Å²) in [6.07, 6.45) is 0. The van der Waals surface area contributed by atoms with Gasteiger partial charge in [-0.2, -0.15) is 0 Å². The van der Waals surface area contributed by atoms with E-state index in [1.165, 1.54) is 0 Å². The topological polar surface area (TPSA) is 44.4 Å². The standard InChI is InChI=1S/C14H20IN3O.ClH/c1-11-3-2-4-12(13(11)15)14(19)17-7-10-18-8-5-16-6-9-18;/h2-4,16H,5-10H2,1H3,(H,17,19);1H. The number of hydrogen-bond acceptors (Lipinski definition) is 3. The van der Waals surface area contributed by atoms with Gasteiger partial charge in [0.2, 0.25) is 0 Å². The maximum absolute atomic E-state index is 12.1. The second-order valence-corrected chi connectivity index (χ2v) is 5.86. The van der Waals surface area contributed by atoms with E-state index in [0.717, 1.165) is 47.4 Å². The third-order valence-electron chi connectivity index (χ3n) is 3.36. The Morgan fingerprint density at radius 1 is 1.40 bits per heavy atom. The molecule has 0 unspecified atom stereocenters. The molecule has 1 aliphatic rings. The Morgan fingerprint density at radius 2 is 2.10 bits per heavy atom. The van der Waals surface area contributed by atoms with E-state index in [0.29, 0.717) is 6.54 Å². The minimum atomic E-state index is 0. The van der Waals surface area contributed by atoms with Crippen LogP contribution in [0.1, 0.15) is 15.9 Å². The van der Waals surface area contributed by atoms with Gasteiger partial charge in [-0.05, 0) is 41.1 Å². The molecule has 0 aliphatic carbocycles. The summed E-state index contributed by atoms with van der Waals surface area (Å²) in [6.45, 7) is 7.89. The molecule has 0 spiro atoms. The number of benzene rings is 1. The van der Waals surface area contributed by atoms with E-state index in [2.05, 4.69) is 38.1 Å². The number of halogens is 2. The fourth-order valence-electron chi connectivity index (χ4n) is 2.18. The summed E-state index contributed by atoms with van der Waals surface area (Å²) >= 11 is 2.24. The molecule has 1 amide bonds. The Morgan fingerprint density at radius 3 is 2.80 bits per heavy atom. The molecule has 0 aromatic heterocycles. The van der Waals surface area contributed by atoms with Crippen molar-refractivity contribution >= 4 is 40.9 Å². The quantitative estimate of drug-likeness (QED) is 0.744. The molecule has 20 heavy (non-hydrogen) atoms. The minimum Gasteiger partial charge on any atom is -0.351 e. The predicted molar refractivity (Wildman–Crippen MR) is 92.8 cm³/mol. The zero-order valence-electron chi connectivity index (χ0n) is 11.6. The monoisotopic (exact) mass is 409 g/mol. The molecule has 1 fully saturated rings. The zero-order valence-corrected chi connectivity index (χ0v) is 14.6. The van der Waals surface area contributed by atoms with E-state index in [1.54, 1.807) is 0 Å². The molecule has 2 N–H and O–H groups in total. The van der Waals surface area contributed by atoms with Crippen molar-refractivity contribution in [3.8, 4) is 0 Å². The van der Waals surface area contributed by atoms with Crippen molar-refractivity contribution in [3.63, 3.8) is 0 Å². The van der Waals surface area contributed by atoms with Gasteiger partial charge in [0, 0.05) is 42.8 Å². The van der Waals surface area contributed by atoms with Crippen molar-refractivity contribution in [1.82, 2.24) is 15.5 Å². The van der Waals surface area contributed by atoms with Gasteiger partial charge in [-0.1, -0.05) is 12.1 Å². The van der Waals surface area contributed by atoms with Crippen molar-refractivity contribution in [2.45, 2.75) is 6.92 Å². The van der Waals surface area contributed by atoms with Crippen molar-refractivity contribution < 1.29 is 4.79 Å². The summed E-state index contributed by atoms with van der Waals surface area (Å²) in [5, 5.41) is 6.33. The predicted octanol–water partition coefficient (Wildman–Crippen LogP) is 1.66. The molecule has 1 aliphatic heterocycles. The first kappa shape index (κ1) is 17.7. The molecule has 6 heteroatoms. The molecule has 1 aromatic carbocycles. The van der Waals surface area contributed by atoms with E-state index in [4.69, 9.17) is 0 Å². The lowest BCUT2D eigenvalue weighted by Gasteiger charge is -2.27. The van der Waals surface area contributed by atoms with Crippen LogP contribution < -0.4 is 10.6 Å². The number of nitrogens with zero attached hydrogens (tertiary/aromatic N) is 1. The first-order valence-corrected chi connectivity index (χ1v) is 7.73. The Bertz CT molecular complexity index is 450. The molecule has 112 valence electrons. The van der Waals surface area contributed by atoms with Gasteiger partial charge in [-0.3, -0.25) is 9.69 Å². The molecule has 2 rings (SSSR count). The summed E-state index contributed by atoms with van der Waals surface area (Å²) in [4.78, 5) is 14.5. The molecule has 1 aromatic rings. The van der Waals surface area contributed by atoms with Gasteiger partial charge in [0.1, 0.15) is 0 Å². The first-order valence-electron chi connectivity index (χ1n) is 6.65. The number of piperazine rings is 1. The lowest BCUT2D eigenvalue weighted by molar-refractivity contribution is 0.0946. The van der Waals surface area contributed by atoms with E-state index in [-0.39, 0.29) is 18.3 Å². The molecule has 4 nitrogen and oxygen atoms in total. The number of aryl methyl sites for hydroxylation is 1. The zero-order chi connectivity index (χ0) is 13.7. The van der Waals surface area contributed by atoms with Crippen LogP contribution in [0.5, 0.6) is 0 Å². The minimum absolute atomic E-state index is 0. The SMILES string of the molecule is Cc1cccc(C(=O)NCCN2CCNCC2)c1I.Cl. The highest BCUT2D eigenvalue weighted by atomic mass is 127. The van der Waals surface area contributed by atoms with Gasteiger partial charge in [0.05, 0.1) is 5.56 Å². The molecular formula is C14H21ClIN3O. The summed E-state index contributed by atoms with van der Waals surface area (Å²) in [5.74, 6) is 0.0308. The Kier molecular flexibility index (Phi) is 7.79. The Balaban J connectivity index is 0.00000200. The number of amides is 1. The average Bonchev–Trinajstić information content (AvgIpc) is 2.43. The number of rotatable bonds is 4. The smallest absolute Gasteiger partial charge is 0.252 e. The van der Waals surface area contributed by atoms with Crippen LogP contribution in [0.25, 0.3) is 0 Å². The van der Waals surface area contributed by atoms with Crippen LogP contribution in [0.3, 0.4) is 0 Å². The van der Waals surface area contributed by atoms with E-state index < -0.39 is 0 Å². The van der Waals surface area contributed by atoms with Crippen LogP contribution in [0.15, 0.2) is 18.2 Å². The van der Waals surface area contributed by atoms with Crippen LogP contribution in [-0.2, 0) is 0 Å². The highest BCUT2D eigenvalue weighted by molar-refractivity contribution is 14.1. The van der Waals surface area contributed by atoms with Gasteiger partial charge >= 0.3 is 0 Å². The summed E-state index contributed by atoms with van der Waals surface area (Å²) < 4.78 is 1.04. The second-order valence-electron chi connectivity index (χ2n) is 4.78. The van der Waals surface area contributed by atoms with Gasteiger partial charge in [0.15, 0.2) is 0 Å². The molecule has 0 atom stereocenters. The maximum Gasteiger partial charge on any atom is 0.252 e. The summed E-state index contributed by atoms with van der Waals surface area (Å²) in [7, 11) is 0. The molecule has 0 radical (unpaired) electrons. The first-order chi connectivity index (χ1) is 9.18. The highest BCUT2D eigenvalue weighted by Gasteiger charge is 2.12. The normalized spacial score (nSPS) is 15.5. The number of nitrogens with one attached hydrogen (secondary N) is 2. The molecular weight excluding hydrogens is 389 g/mol. The van der Waals surface area contributed by atoms with Crippen LogP contribution in [0, 0.1) is 10.5 Å². The average molecular weight is 410 g/mol. The maximum atomic E-state index is 12.1. The molecule has 1 heterocycles. The lowest BCUT2D eigenvalue weighted by Crippen LogP contribution is -2.46. The molecule has 1 saturated heterocycles. The van der Waals surface area contributed by atoms with Crippen molar-refractivity contribution in [1.29, 1.82) is 0 Å². The van der Waals surface area contributed by atoms with Crippen LogP contribution in [-0.4, -0.2) is 50.1 Å². The summed E-state index contributed by atoms with van der Waals surface area (Å²) in [6, 6.07) is 5.84. The third-order valence-corrected chi connectivity index (χ3v) is 4.79. The Hall–Kier alpha value is -0.370. The molecule has 0 bridgehead atoms. The lowest BCUT2D eigenvalue weighted by atomic mass is 10.1. The molecule has 0 saturated carbocycles. The van der Waals surface area contributed by atoms with Crippen LogP contribution in [0.4, 0.5) is 0 Å². The van der Waals surface area contributed by atoms with Crippen LogP contribution >= 0.6 is 35.0 Å². The van der Waals surface area contributed by atoms with E-state index >= 15 is 0 Å². The number of hydrogen-bond donors (Lipinski definition) is 2.